The molecule has 0 unspecified atom stereocenters. The van der Waals surface area contributed by atoms with Gasteiger partial charge in [-0.2, -0.15) is 0 Å². The summed E-state index contributed by atoms with van der Waals surface area (Å²) in [5.41, 5.74) is 1.38. The molecular formula is C19H15NO4S2. The lowest BCUT2D eigenvalue weighted by Gasteiger charge is -2.07. The number of hydrogen-bond acceptors (Lipinski definition) is 6. The third-order valence-electron chi connectivity index (χ3n) is 3.58. The molecule has 1 heterocycles. The second-order valence-electron chi connectivity index (χ2n) is 5.37. The smallest absolute Gasteiger partial charge is 0.263 e. The Morgan fingerprint density at radius 3 is 2.62 bits per heavy atom. The van der Waals surface area contributed by atoms with Gasteiger partial charge in [0, 0.05) is 5.56 Å². The van der Waals surface area contributed by atoms with Crippen LogP contribution >= 0.6 is 24.0 Å². The lowest BCUT2D eigenvalue weighted by Crippen LogP contribution is -2.17. The molecule has 1 aliphatic rings. The first-order valence-electron chi connectivity index (χ1n) is 7.70. The Morgan fingerprint density at radius 1 is 1.19 bits per heavy atom. The van der Waals surface area contributed by atoms with E-state index in [1.54, 1.807) is 49.6 Å². The Kier molecular flexibility index (Phi) is 5.70. The molecule has 1 N–H and O–H groups in total. The lowest BCUT2D eigenvalue weighted by molar-refractivity contribution is -0.115. The zero-order valence-corrected chi connectivity index (χ0v) is 15.5. The molecule has 0 spiro atoms. The second-order valence-corrected chi connectivity index (χ2v) is 7.08. The number of hydrogen-bond donors (Lipinski definition) is 1. The predicted molar refractivity (Wildman–Crippen MR) is 106 cm³/mol. The van der Waals surface area contributed by atoms with Crippen LogP contribution in [0.3, 0.4) is 0 Å². The summed E-state index contributed by atoms with van der Waals surface area (Å²) in [5.74, 6) is 0.871. The normalized spacial score (nSPS) is 15.0. The minimum absolute atomic E-state index is 0.0693. The average Bonchev–Trinajstić information content (AvgIpc) is 2.97. The number of benzene rings is 2. The Labute approximate surface area is 160 Å². The Hall–Kier alpha value is -2.64. The molecule has 0 aromatic heterocycles. The van der Waals surface area contributed by atoms with Gasteiger partial charge in [-0.25, -0.2) is 0 Å². The van der Waals surface area contributed by atoms with Crippen LogP contribution in [-0.4, -0.2) is 29.7 Å². The number of carbonyl (C=O) groups is 2. The topological polar surface area (TPSA) is 64.6 Å². The summed E-state index contributed by atoms with van der Waals surface area (Å²) >= 11 is 6.19. The zero-order chi connectivity index (χ0) is 18.5. The van der Waals surface area contributed by atoms with E-state index in [0.29, 0.717) is 26.3 Å². The SMILES string of the molecule is COc1cccc(C(=O)COc2ccc(/C=C3\SC(=S)NC3=O)cc2)c1. The number of thioether (sulfide) groups is 1. The van der Waals surface area contributed by atoms with E-state index in [9.17, 15) is 9.59 Å². The van der Waals surface area contributed by atoms with E-state index in [0.717, 1.165) is 5.56 Å². The van der Waals surface area contributed by atoms with Gasteiger partial charge in [-0.15, -0.1) is 0 Å². The molecule has 1 saturated heterocycles. The fraction of sp³-hybridized carbons (Fsp3) is 0.105. The maximum Gasteiger partial charge on any atom is 0.263 e. The van der Waals surface area contributed by atoms with Gasteiger partial charge in [0.2, 0.25) is 0 Å². The maximum absolute atomic E-state index is 12.2. The van der Waals surface area contributed by atoms with Crippen molar-refractivity contribution in [1.82, 2.24) is 5.32 Å². The summed E-state index contributed by atoms with van der Waals surface area (Å²) in [5, 5.41) is 2.57. The van der Waals surface area contributed by atoms with Gasteiger partial charge in [-0.1, -0.05) is 48.2 Å². The zero-order valence-electron chi connectivity index (χ0n) is 13.9. The molecule has 26 heavy (non-hydrogen) atoms. The summed E-state index contributed by atoms with van der Waals surface area (Å²) < 4.78 is 11.1. The van der Waals surface area contributed by atoms with E-state index in [1.807, 2.05) is 12.1 Å². The minimum atomic E-state index is -0.191. The molecule has 5 nitrogen and oxygen atoms in total. The second kappa shape index (κ2) is 8.16. The molecule has 0 radical (unpaired) electrons. The van der Waals surface area contributed by atoms with Gasteiger partial charge in [0.05, 0.1) is 12.0 Å². The van der Waals surface area contributed by atoms with Crippen molar-refractivity contribution in [2.45, 2.75) is 0 Å². The molecular weight excluding hydrogens is 370 g/mol. The first kappa shape index (κ1) is 18.2. The fourth-order valence-corrected chi connectivity index (χ4v) is 3.31. The first-order chi connectivity index (χ1) is 12.5. The van der Waals surface area contributed by atoms with Gasteiger partial charge in [0.1, 0.15) is 15.8 Å². The van der Waals surface area contributed by atoms with Crippen molar-refractivity contribution >= 4 is 46.1 Å². The number of thiocarbonyl (C=S) groups is 1. The van der Waals surface area contributed by atoms with Crippen LogP contribution in [0.5, 0.6) is 11.5 Å². The van der Waals surface area contributed by atoms with Crippen molar-refractivity contribution in [2.24, 2.45) is 0 Å². The van der Waals surface area contributed by atoms with Gasteiger partial charge >= 0.3 is 0 Å². The van der Waals surface area contributed by atoms with Crippen molar-refractivity contribution < 1.29 is 19.1 Å². The van der Waals surface area contributed by atoms with Crippen LogP contribution in [0.15, 0.2) is 53.4 Å². The van der Waals surface area contributed by atoms with Crippen LogP contribution in [0.4, 0.5) is 0 Å². The Morgan fingerprint density at radius 2 is 1.96 bits per heavy atom. The first-order valence-corrected chi connectivity index (χ1v) is 8.92. The highest BCUT2D eigenvalue weighted by Crippen LogP contribution is 2.26. The number of methoxy groups -OCH3 is 1. The molecule has 0 saturated carbocycles. The fourth-order valence-electron chi connectivity index (χ4n) is 2.26. The van der Waals surface area contributed by atoms with Crippen molar-refractivity contribution in [3.63, 3.8) is 0 Å². The van der Waals surface area contributed by atoms with Crippen LogP contribution in [0.2, 0.25) is 0 Å². The quantitative estimate of drug-likeness (QED) is 0.467. The number of ketones is 1. The number of rotatable bonds is 6. The number of Topliss-reactive ketones (excluding diaryl/α,β-unsaturated/α-hetero) is 1. The molecule has 0 aliphatic carbocycles. The van der Waals surface area contributed by atoms with Crippen LogP contribution < -0.4 is 14.8 Å². The van der Waals surface area contributed by atoms with E-state index >= 15 is 0 Å². The van der Waals surface area contributed by atoms with Gasteiger partial charge in [0.25, 0.3) is 5.91 Å². The van der Waals surface area contributed by atoms with E-state index < -0.39 is 0 Å². The third-order valence-corrected chi connectivity index (χ3v) is 4.74. The molecule has 1 fully saturated rings. The highest BCUT2D eigenvalue weighted by atomic mass is 32.2. The molecule has 0 bridgehead atoms. The summed E-state index contributed by atoms with van der Waals surface area (Å²) in [6.45, 7) is -0.0693. The maximum atomic E-state index is 12.2. The van der Waals surface area contributed by atoms with E-state index in [2.05, 4.69) is 5.32 Å². The highest BCUT2D eigenvalue weighted by molar-refractivity contribution is 8.26. The summed E-state index contributed by atoms with van der Waals surface area (Å²) in [4.78, 5) is 24.4. The number of amides is 1. The van der Waals surface area contributed by atoms with Crippen LogP contribution in [0.25, 0.3) is 6.08 Å². The van der Waals surface area contributed by atoms with Crippen LogP contribution in [-0.2, 0) is 4.79 Å². The summed E-state index contributed by atoms with van der Waals surface area (Å²) in [7, 11) is 1.55. The molecule has 132 valence electrons. The van der Waals surface area contributed by atoms with Gasteiger partial charge in [-0.05, 0) is 35.9 Å². The summed E-state index contributed by atoms with van der Waals surface area (Å²) in [6, 6.07) is 14.1. The average molecular weight is 385 g/mol. The largest absolute Gasteiger partial charge is 0.497 e. The number of carbonyl (C=O) groups excluding carboxylic acids is 2. The summed E-state index contributed by atoms with van der Waals surface area (Å²) in [6.07, 6.45) is 1.75. The van der Waals surface area contributed by atoms with Crippen LogP contribution in [0, 0.1) is 0 Å². The third kappa shape index (κ3) is 4.50. The van der Waals surface area contributed by atoms with Crippen molar-refractivity contribution in [3.05, 3.63) is 64.6 Å². The minimum Gasteiger partial charge on any atom is -0.497 e. The number of nitrogens with one attached hydrogen (secondary N) is 1. The standard InChI is InChI=1S/C19H15NO4S2/c1-23-15-4-2-3-13(10-15)16(21)11-24-14-7-5-12(6-8-14)9-17-18(22)20-19(25)26-17/h2-10H,11H2,1H3,(H,20,22,25)/b17-9-. The molecule has 1 aliphatic heterocycles. The van der Waals surface area contributed by atoms with Crippen molar-refractivity contribution in [1.29, 1.82) is 0 Å². The molecule has 3 rings (SSSR count). The van der Waals surface area contributed by atoms with E-state index in [4.69, 9.17) is 21.7 Å². The predicted octanol–water partition coefficient (Wildman–Crippen LogP) is 3.45. The van der Waals surface area contributed by atoms with Gasteiger partial charge in [-0.3, -0.25) is 9.59 Å². The van der Waals surface area contributed by atoms with Gasteiger partial charge < -0.3 is 14.8 Å². The van der Waals surface area contributed by atoms with Crippen molar-refractivity contribution in [3.8, 4) is 11.5 Å². The molecule has 2 aromatic carbocycles. The monoisotopic (exact) mass is 385 g/mol. The van der Waals surface area contributed by atoms with E-state index in [-0.39, 0.29) is 18.3 Å². The van der Waals surface area contributed by atoms with E-state index in [1.165, 1.54) is 11.8 Å². The van der Waals surface area contributed by atoms with Gasteiger partial charge in [0.15, 0.2) is 12.4 Å². The lowest BCUT2D eigenvalue weighted by atomic mass is 10.1. The molecule has 7 heteroatoms. The highest BCUT2D eigenvalue weighted by Gasteiger charge is 2.21. The van der Waals surface area contributed by atoms with Crippen molar-refractivity contribution in [2.75, 3.05) is 13.7 Å². The molecule has 1 amide bonds. The Bertz CT molecular complexity index is 891. The molecule has 2 aromatic rings. The molecule has 0 atom stereocenters. The Balaban J connectivity index is 1.61. The van der Waals surface area contributed by atoms with Crippen LogP contribution in [0.1, 0.15) is 15.9 Å². The number of ether oxygens (including phenoxy) is 2.